The number of piperidine rings is 1. The maximum Gasteiger partial charge on any atom is 0.147 e. The number of aliphatic imine (C=N–C) groups is 1. The predicted octanol–water partition coefficient (Wildman–Crippen LogP) is 1.61. The van der Waals surface area contributed by atoms with Crippen LogP contribution in [0.4, 0.5) is 0 Å². The van der Waals surface area contributed by atoms with E-state index in [1.54, 1.807) is 0 Å². The zero-order valence-electron chi connectivity index (χ0n) is 11.6. The summed E-state index contributed by atoms with van der Waals surface area (Å²) in [4.78, 5) is 4.61. The molecule has 0 aromatic rings. The van der Waals surface area contributed by atoms with Gasteiger partial charge in [-0.05, 0) is 38.8 Å². The van der Waals surface area contributed by atoms with Crippen LogP contribution in [0.3, 0.4) is 0 Å². The highest BCUT2D eigenvalue weighted by atomic mass is 16.5. The molecule has 104 valence electrons. The fraction of sp³-hybridized carbons (Fsp3) is 0.667. The third-order valence-corrected chi connectivity index (χ3v) is 4.12. The first-order chi connectivity index (χ1) is 9.34. The first kappa shape index (κ1) is 12.9. The van der Waals surface area contributed by atoms with E-state index >= 15 is 0 Å². The van der Waals surface area contributed by atoms with Crippen LogP contribution >= 0.6 is 0 Å². The number of allylic oxidation sites excluding steroid dienone is 1. The van der Waals surface area contributed by atoms with Gasteiger partial charge in [-0.1, -0.05) is 6.08 Å². The number of ether oxygens (including phenoxy) is 1. The molecule has 0 saturated carbocycles. The second-order valence-corrected chi connectivity index (χ2v) is 5.55. The lowest BCUT2D eigenvalue weighted by Crippen LogP contribution is -2.42. The van der Waals surface area contributed by atoms with Crippen LogP contribution in [0.5, 0.6) is 0 Å². The van der Waals surface area contributed by atoms with Gasteiger partial charge in [0.25, 0.3) is 0 Å². The van der Waals surface area contributed by atoms with Crippen LogP contribution in [0.15, 0.2) is 28.5 Å². The lowest BCUT2D eigenvalue weighted by atomic mass is 9.90. The molecule has 3 heterocycles. The topological polar surface area (TPSA) is 45.7 Å². The Balaban J connectivity index is 1.85. The van der Waals surface area contributed by atoms with Crippen molar-refractivity contribution in [2.45, 2.75) is 38.5 Å². The maximum atomic E-state index is 6.12. The molecule has 0 aliphatic carbocycles. The molecule has 1 fully saturated rings. The number of nitrogens with zero attached hydrogens (tertiary/aromatic N) is 1. The van der Waals surface area contributed by atoms with Crippen LogP contribution in [-0.2, 0) is 4.74 Å². The Morgan fingerprint density at radius 1 is 1.42 bits per heavy atom. The smallest absolute Gasteiger partial charge is 0.147 e. The normalized spacial score (nSPS) is 35.3. The van der Waals surface area contributed by atoms with Crippen molar-refractivity contribution < 1.29 is 4.74 Å². The molecule has 3 unspecified atom stereocenters. The fourth-order valence-corrected chi connectivity index (χ4v) is 3.08. The van der Waals surface area contributed by atoms with Crippen LogP contribution in [-0.4, -0.2) is 38.1 Å². The standard InChI is InChI=1S/C15H23N3O/c1-11-18-10-13(14-6-2-3-8-17-14)15(19-11)12-5-4-7-16-9-12/h2-3,8,11-12,14,16,18H,4-7,9-10H2,1H3. The SMILES string of the molecule is CC1NCC(C2CC=CC=N2)=C(C2CCCNC2)O1. The fourth-order valence-electron chi connectivity index (χ4n) is 3.08. The molecule has 4 heteroatoms. The first-order valence-electron chi connectivity index (χ1n) is 7.36. The summed E-state index contributed by atoms with van der Waals surface area (Å²) in [5.74, 6) is 1.73. The molecule has 4 nitrogen and oxygen atoms in total. The van der Waals surface area contributed by atoms with E-state index < -0.39 is 0 Å². The van der Waals surface area contributed by atoms with E-state index in [1.807, 2.05) is 12.3 Å². The average molecular weight is 261 g/mol. The summed E-state index contributed by atoms with van der Waals surface area (Å²) in [7, 11) is 0. The molecule has 0 aromatic carbocycles. The average Bonchev–Trinajstić information content (AvgIpc) is 2.49. The Morgan fingerprint density at radius 2 is 2.37 bits per heavy atom. The summed E-state index contributed by atoms with van der Waals surface area (Å²) < 4.78 is 6.12. The van der Waals surface area contributed by atoms with Gasteiger partial charge in [0.1, 0.15) is 12.0 Å². The Kier molecular flexibility index (Phi) is 3.99. The molecular formula is C15H23N3O. The van der Waals surface area contributed by atoms with E-state index in [-0.39, 0.29) is 12.3 Å². The summed E-state index contributed by atoms with van der Waals surface area (Å²) in [6.07, 6.45) is 9.71. The Bertz CT molecular complexity index is 408. The highest BCUT2D eigenvalue weighted by Crippen LogP contribution is 2.30. The second-order valence-electron chi connectivity index (χ2n) is 5.55. The molecule has 1 saturated heterocycles. The molecule has 3 rings (SSSR count). The van der Waals surface area contributed by atoms with Gasteiger partial charge >= 0.3 is 0 Å². The molecule has 0 bridgehead atoms. The van der Waals surface area contributed by atoms with Crippen molar-refractivity contribution >= 4 is 6.21 Å². The molecule has 3 atom stereocenters. The first-order valence-corrected chi connectivity index (χ1v) is 7.36. The van der Waals surface area contributed by atoms with Crippen molar-refractivity contribution in [3.8, 4) is 0 Å². The molecule has 2 N–H and O–H groups in total. The summed E-state index contributed by atoms with van der Waals surface area (Å²) in [6.45, 7) is 5.16. The Morgan fingerprint density at radius 3 is 3.11 bits per heavy atom. The van der Waals surface area contributed by atoms with Gasteiger partial charge in [-0.25, -0.2) is 0 Å². The quantitative estimate of drug-likeness (QED) is 0.794. The minimum absolute atomic E-state index is 0.115. The number of dihydropyridines is 1. The lowest BCUT2D eigenvalue weighted by Gasteiger charge is -2.35. The minimum Gasteiger partial charge on any atom is -0.480 e. The molecule has 0 radical (unpaired) electrons. The maximum absolute atomic E-state index is 6.12. The molecule has 19 heavy (non-hydrogen) atoms. The van der Waals surface area contributed by atoms with Crippen LogP contribution in [0, 0.1) is 5.92 Å². The molecule has 0 spiro atoms. The van der Waals surface area contributed by atoms with Gasteiger partial charge in [-0.3, -0.25) is 10.3 Å². The third kappa shape index (κ3) is 2.90. The van der Waals surface area contributed by atoms with E-state index in [0.717, 1.165) is 26.1 Å². The highest BCUT2D eigenvalue weighted by Gasteiger charge is 2.30. The van der Waals surface area contributed by atoms with E-state index in [4.69, 9.17) is 4.74 Å². The van der Waals surface area contributed by atoms with Crippen LogP contribution in [0.25, 0.3) is 0 Å². The van der Waals surface area contributed by atoms with Crippen molar-refractivity contribution in [3.05, 3.63) is 23.5 Å². The molecule has 0 amide bonds. The van der Waals surface area contributed by atoms with Crippen molar-refractivity contribution in [2.75, 3.05) is 19.6 Å². The van der Waals surface area contributed by atoms with Gasteiger partial charge < -0.3 is 10.1 Å². The number of nitrogens with one attached hydrogen (secondary N) is 2. The van der Waals surface area contributed by atoms with Crippen molar-refractivity contribution in [3.63, 3.8) is 0 Å². The van der Waals surface area contributed by atoms with E-state index in [9.17, 15) is 0 Å². The molecular weight excluding hydrogens is 238 g/mol. The Hall–Kier alpha value is -1.13. The number of rotatable bonds is 2. The zero-order valence-corrected chi connectivity index (χ0v) is 11.6. The summed E-state index contributed by atoms with van der Waals surface area (Å²) >= 11 is 0. The largest absolute Gasteiger partial charge is 0.480 e. The second kappa shape index (κ2) is 5.88. The van der Waals surface area contributed by atoms with Crippen molar-refractivity contribution in [1.82, 2.24) is 10.6 Å². The van der Waals surface area contributed by atoms with Gasteiger partial charge in [-0.2, -0.15) is 0 Å². The molecule has 3 aliphatic heterocycles. The number of hydrogen-bond acceptors (Lipinski definition) is 4. The molecule has 3 aliphatic rings. The summed E-state index contributed by atoms with van der Waals surface area (Å²) in [6, 6.07) is 0.266. The van der Waals surface area contributed by atoms with Gasteiger partial charge in [0.15, 0.2) is 0 Å². The summed E-state index contributed by atoms with van der Waals surface area (Å²) in [5.41, 5.74) is 1.35. The van der Waals surface area contributed by atoms with Crippen LogP contribution < -0.4 is 10.6 Å². The number of hydrogen-bond donors (Lipinski definition) is 2. The third-order valence-electron chi connectivity index (χ3n) is 4.12. The predicted molar refractivity (Wildman–Crippen MR) is 77.2 cm³/mol. The van der Waals surface area contributed by atoms with Crippen LogP contribution in [0.1, 0.15) is 26.2 Å². The zero-order chi connectivity index (χ0) is 13.1. The van der Waals surface area contributed by atoms with E-state index in [2.05, 4.69) is 28.6 Å². The van der Waals surface area contributed by atoms with Crippen LogP contribution in [0.2, 0.25) is 0 Å². The van der Waals surface area contributed by atoms with Crippen molar-refractivity contribution in [1.29, 1.82) is 0 Å². The van der Waals surface area contributed by atoms with Gasteiger partial charge in [0.2, 0.25) is 0 Å². The Labute approximate surface area is 115 Å². The van der Waals surface area contributed by atoms with E-state index in [1.165, 1.54) is 24.2 Å². The summed E-state index contributed by atoms with van der Waals surface area (Å²) in [5, 5.41) is 6.88. The monoisotopic (exact) mass is 261 g/mol. The van der Waals surface area contributed by atoms with Gasteiger partial charge in [0.05, 0.1) is 6.04 Å². The molecule has 0 aromatic heterocycles. The van der Waals surface area contributed by atoms with Crippen molar-refractivity contribution in [2.24, 2.45) is 10.9 Å². The lowest BCUT2D eigenvalue weighted by molar-refractivity contribution is 0.0581. The minimum atomic E-state index is 0.115. The van der Waals surface area contributed by atoms with Gasteiger partial charge in [-0.15, -0.1) is 0 Å². The van der Waals surface area contributed by atoms with E-state index in [0.29, 0.717) is 5.92 Å². The van der Waals surface area contributed by atoms with Gasteiger partial charge in [0, 0.05) is 30.8 Å². The highest BCUT2D eigenvalue weighted by molar-refractivity contribution is 5.72.